The van der Waals surface area contributed by atoms with Gasteiger partial charge in [0, 0.05) is 39.3 Å². The fraction of sp³-hybridized carbons (Fsp3) is 0.750. The maximum absolute atomic E-state index is 12.7. The highest BCUT2D eigenvalue weighted by molar-refractivity contribution is 6.06. The molecule has 4 atom stereocenters. The second-order valence-electron chi connectivity index (χ2n) is 8.11. The summed E-state index contributed by atoms with van der Waals surface area (Å²) in [5, 5.41) is 6.56. The molecule has 4 rings (SSSR count). The maximum atomic E-state index is 12.7. The summed E-state index contributed by atoms with van der Waals surface area (Å²) >= 11 is 0. The largest absolute Gasteiger partial charge is 0.355 e. The predicted octanol–water partition coefficient (Wildman–Crippen LogP) is 0.443. The van der Waals surface area contributed by atoms with Gasteiger partial charge in [-0.2, -0.15) is 0 Å². The molecule has 0 aromatic rings. The minimum Gasteiger partial charge on any atom is -0.355 e. The van der Waals surface area contributed by atoms with Crippen molar-refractivity contribution in [1.29, 1.82) is 0 Å². The molecular formula is C20H31N5O2. The molecule has 4 unspecified atom stereocenters. The molecule has 7 nitrogen and oxygen atoms in total. The average Bonchev–Trinajstić information content (AvgIpc) is 3.22. The van der Waals surface area contributed by atoms with Gasteiger partial charge in [0.05, 0.1) is 11.8 Å². The molecule has 1 heterocycles. The second-order valence-corrected chi connectivity index (χ2v) is 8.11. The third-order valence-electron chi connectivity index (χ3n) is 6.57. The van der Waals surface area contributed by atoms with Gasteiger partial charge in [-0.15, -0.1) is 0 Å². The SMILES string of the molecule is CCN(CCNC(=NC)NCCN1C(=O)C2C3C=CC(C3)C2C1=O)C1CC1. The van der Waals surface area contributed by atoms with Crippen LogP contribution in [0.25, 0.3) is 0 Å². The number of fused-ring (bicyclic) bond motifs is 5. The summed E-state index contributed by atoms with van der Waals surface area (Å²) in [6, 6.07) is 0.767. The van der Waals surface area contributed by atoms with E-state index in [1.807, 2.05) is 0 Å². The van der Waals surface area contributed by atoms with E-state index < -0.39 is 0 Å². The van der Waals surface area contributed by atoms with Crippen LogP contribution in [0.15, 0.2) is 17.1 Å². The number of aliphatic imine (C=N–C) groups is 1. The molecule has 0 aromatic heterocycles. The first kappa shape index (κ1) is 18.5. The zero-order valence-corrected chi connectivity index (χ0v) is 16.4. The highest BCUT2D eigenvalue weighted by Gasteiger charge is 2.58. The van der Waals surface area contributed by atoms with Crippen molar-refractivity contribution >= 4 is 17.8 Å². The number of nitrogens with zero attached hydrogens (tertiary/aromatic N) is 3. The van der Waals surface area contributed by atoms with Crippen LogP contribution >= 0.6 is 0 Å². The number of likely N-dealkylation sites (N-methyl/N-ethyl adjacent to an activating group) is 1. The van der Waals surface area contributed by atoms with Gasteiger partial charge in [0.25, 0.3) is 0 Å². The number of likely N-dealkylation sites (tertiary alicyclic amines) is 1. The van der Waals surface area contributed by atoms with Crippen molar-refractivity contribution < 1.29 is 9.59 Å². The van der Waals surface area contributed by atoms with Crippen molar-refractivity contribution in [2.24, 2.45) is 28.7 Å². The van der Waals surface area contributed by atoms with Crippen LogP contribution in [0.1, 0.15) is 26.2 Å². The fourth-order valence-electron chi connectivity index (χ4n) is 5.05. The van der Waals surface area contributed by atoms with E-state index in [0.29, 0.717) is 13.1 Å². The number of guanidine groups is 1. The van der Waals surface area contributed by atoms with Crippen molar-refractivity contribution in [3.05, 3.63) is 12.2 Å². The second kappa shape index (κ2) is 7.62. The van der Waals surface area contributed by atoms with Crippen LogP contribution in [0.5, 0.6) is 0 Å². The number of imide groups is 1. The van der Waals surface area contributed by atoms with Crippen molar-refractivity contribution in [1.82, 2.24) is 20.4 Å². The molecular weight excluding hydrogens is 342 g/mol. The van der Waals surface area contributed by atoms with Gasteiger partial charge in [0.2, 0.25) is 11.8 Å². The number of allylic oxidation sites excluding steroid dienone is 2. The van der Waals surface area contributed by atoms with E-state index in [1.165, 1.54) is 17.7 Å². The first-order chi connectivity index (χ1) is 13.1. The first-order valence-electron chi connectivity index (χ1n) is 10.4. The van der Waals surface area contributed by atoms with Crippen LogP contribution < -0.4 is 10.6 Å². The van der Waals surface area contributed by atoms with Gasteiger partial charge >= 0.3 is 0 Å². The number of nitrogens with one attached hydrogen (secondary N) is 2. The quantitative estimate of drug-likeness (QED) is 0.279. The van der Waals surface area contributed by atoms with Gasteiger partial charge in [-0.1, -0.05) is 19.1 Å². The van der Waals surface area contributed by atoms with Crippen molar-refractivity contribution in [3.63, 3.8) is 0 Å². The van der Waals surface area contributed by atoms with E-state index in [0.717, 1.165) is 38.1 Å². The maximum Gasteiger partial charge on any atom is 0.233 e. The van der Waals surface area contributed by atoms with Crippen LogP contribution in [-0.4, -0.2) is 73.4 Å². The minimum absolute atomic E-state index is 0.0228. The number of rotatable bonds is 8. The molecule has 4 aliphatic rings. The lowest BCUT2D eigenvalue weighted by Gasteiger charge is -2.21. The van der Waals surface area contributed by atoms with E-state index in [-0.39, 0.29) is 35.5 Å². The lowest BCUT2D eigenvalue weighted by molar-refractivity contribution is -0.140. The lowest BCUT2D eigenvalue weighted by atomic mass is 9.85. The van der Waals surface area contributed by atoms with Gasteiger partial charge in [0.15, 0.2) is 5.96 Å². The summed E-state index contributed by atoms with van der Waals surface area (Å²) < 4.78 is 0. The summed E-state index contributed by atoms with van der Waals surface area (Å²) in [5.74, 6) is 1.11. The Labute approximate surface area is 161 Å². The van der Waals surface area contributed by atoms with Gasteiger partial charge in [0.1, 0.15) is 0 Å². The molecule has 0 radical (unpaired) electrons. The highest BCUT2D eigenvalue weighted by atomic mass is 16.2. The molecule has 2 amide bonds. The van der Waals surface area contributed by atoms with Crippen LogP contribution in [0, 0.1) is 23.7 Å². The Morgan fingerprint density at radius 2 is 1.78 bits per heavy atom. The van der Waals surface area contributed by atoms with Crippen LogP contribution in [0.4, 0.5) is 0 Å². The number of carbonyl (C=O) groups is 2. The Morgan fingerprint density at radius 3 is 2.33 bits per heavy atom. The zero-order valence-electron chi connectivity index (χ0n) is 16.4. The van der Waals surface area contributed by atoms with Gasteiger partial charge in [-0.25, -0.2) is 0 Å². The first-order valence-corrected chi connectivity index (χ1v) is 10.4. The fourth-order valence-corrected chi connectivity index (χ4v) is 5.05. The molecule has 2 bridgehead atoms. The number of amides is 2. The third-order valence-corrected chi connectivity index (χ3v) is 6.57. The number of carbonyl (C=O) groups excluding carboxylic acids is 2. The Morgan fingerprint density at radius 1 is 1.15 bits per heavy atom. The average molecular weight is 374 g/mol. The number of hydrogen-bond donors (Lipinski definition) is 2. The topological polar surface area (TPSA) is 77.0 Å². The molecule has 2 N–H and O–H groups in total. The molecule has 27 heavy (non-hydrogen) atoms. The van der Waals surface area contributed by atoms with E-state index in [4.69, 9.17) is 0 Å². The molecule has 1 aliphatic heterocycles. The minimum atomic E-state index is -0.104. The summed E-state index contributed by atoms with van der Waals surface area (Å²) in [4.78, 5) is 33.5. The zero-order chi connectivity index (χ0) is 19.0. The van der Waals surface area contributed by atoms with Gasteiger partial charge in [-0.3, -0.25) is 24.4 Å². The van der Waals surface area contributed by atoms with E-state index in [1.54, 1.807) is 7.05 Å². The summed E-state index contributed by atoms with van der Waals surface area (Å²) in [7, 11) is 1.74. The Hall–Kier alpha value is -1.89. The van der Waals surface area contributed by atoms with Crippen LogP contribution in [0.3, 0.4) is 0 Å². The summed E-state index contributed by atoms with van der Waals surface area (Å²) in [5.41, 5.74) is 0. The lowest BCUT2D eigenvalue weighted by Crippen LogP contribution is -2.45. The third kappa shape index (κ3) is 3.49. The molecule has 2 saturated carbocycles. The monoisotopic (exact) mass is 373 g/mol. The van der Waals surface area contributed by atoms with E-state index >= 15 is 0 Å². The normalized spacial score (nSPS) is 32.0. The van der Waals surface area contributed by atoms with Crippen LogP contribution in [0.2, 0.25) is 0 Å². The Kier molecular flexibility index (Phi) is 5.21. The number of hydrogen-bond acceptors (Lipinski definition) is 4. The van der Waals surface area contributed by atoms with Crippen molar-refractivity contribution in [2.45, 2.75) is 32.2 Å². The molecule has 3 aliphatic carbocycles. The molecule has 148 valence electrons. The van der Waals surface area contributed by atoms with Crippen molar-refractivity contribution in [3.8, 4) is 0 Å². The Bertz CT molecular complexity index is 627. The summed E-state index contributed by atoms with van der Waals surface area (Å²) in [6.07, 6.45) is 7.87. The van der Waals surface area contributed by atoms with Crippen molar-refractivity contribution in [2.75, 3.05) is 39.8 Å². The molecule has 1 saturated heterocycles. The van der Waals surface area contributed by atoms with Gasteiger partial charge < -0.3 is 10.6 Å². The smallest absolute Gasteiger partial charge is 0.233 e. The Balaban J connectivity index is 1.21. The van der Waals surface area contributed by atoms with Gasteiger partial charge in [-0.05, 0) is 37.6 Å². The standard InChI is InChI=1S/C20H31N5O2/c1-3-24(15-6-7-15)10-8-22-20(21-2)23-9-11-25-18(26)16-13-4-5-14(12-13)17(16)19(25)27/h4-5,13-17H,3,6-12H2,1-2H3,(H2,21,22,23). The summed E-state index contributed by atoms with van der Waals surface area (Å²) in [6.45, 7) is 6.06. The molecule has 0 spiro atoms. The van der Waals surface area contributed by atoms with E-state index in [9.17, 15) is 9.59 Å². The predicted molar refractivity (Wildman–Crippen MR) is 104 cm³/mol. The molecule has 3 fully saturated rings. The van der Waals surface area contributed by atoms with Crippen LogP contribution in [-0.2, 0) is 9.59 Å². The van der Waals surface area contributed by atoms with E-state index in [2.05, 4.69) is 39.6 Å². The molecule has 0 aromatic carbocycles. The highest BCUT2D eigenvalue weighted by Crippen LogP contribution is 2.52. The molecule has 7 heteroatoms.